The smallest absolute Gasteiger partial charge is 0.241 e. The van der Waals surface area contributed by atoms with E-state index in [2.05, 4.69) is 39.6 Å². The number of carbonyl (C=O) groups is 2. The van der Waals surface area contributed by atoms with E-state index in [-0.39, 0.29) is 24.8 Å². The van der Waals surface area contributed by atoms with Crippen molar-refractivity contribution < 1.29 is 14.0 Å². The first-order valence-electron chi connectivity index (χ1n) is 9.93. The Balaban J connectivity index is 1.56. The number of Topliss-reactive ketones (excluding diaryl/α,β-unsaturated/α-hetero) is 1. The van der Waals surface area contributed by atoms with E-state index in [1.54, 1.807) is 20.0 Å². The summed E-state index contributed by atoms with van der Waals surface area (Å²) in [6.07, 6.45) is 2.62. The maximum absolute atomic E-state index is 12.9. The molecule has 1 amide bonds. The van der Waals surface area contributed by atoms with Gasteiger partial charge < -0.3 is 4.42 Å². The van der Waals surface area contributed by atoms with Gasteiger partial charge >= 0.3 is 0 Å². The van der Waals surface area contributed by atoms with E-state index in [9.17, 15) is 9.59 Å². The second-order valence-corrected chi connectivity index (χ2v) is 7.27. The van der Waals surface area contributed by atoms with Crippen LogP contribution in [0, 0.1) is 6.92 Å². The van der Waals surface area contributed by atoms with Crippen molar-refractivity contribution in [2.24, 2.45) is 0 Å². The molecule has 1 atom stereocenters. The molecule has 4 rings (SSSR count). The summed E-state index contributed by atoms with van der Waals surface area (Å²) >= 11 is 0. The summed E-state index contributed by atoms with van der Waals surface area (Å²) in [4.78, 5) is 31.5. The summed E-state index contributed by atoms with van der Waals surface area (Å²) in [6, 6.07) is 9.46. The van der Waals surface area contributed by atoms with E-state index in [1.165, 1.54) is 10.5 Å². The summed E-state index contributed by atoms with van der Waals surface area (Å²) in [5, 5.41) is 10.7. The van der Waals surface area contributed by atoms with Gasteiger partial charge in [0.15, 0.2) is 0 Å². The maximum atomic E-state index is 12.9. The topological polar surface area (TPSA) is 101 Å². The molecule has 3 heterocycles. The van der Waals surface area contributed by atoms with Gasteiger partial charge in [-0.1, -0.05) is 31.2 Å². The summed E-state index contributed by atoms with van der Waals surface area (Å²) in [5.74, 6) is 0.509. The number of aryl methyl sites for hydroxylation is 2. The van der Waals surface area contributed by atoms with Crippen molar-refractivity contribution in [3.8, 4) is 11.1 Å². The zero-order valence-electron chi connectivity index (χ0n) is 17.2. The lowest BCUT2D eigenvalue weighted by Crippen LogP contribution is -2.43. The SMILES string of the molecule is CCc1cccc(-c2cnc3c(c2)N(C(=O)CNCc2nnc(C)o2)C(C)C3=O)c1. The predicted octanol–water partition coefficient (Wildman–Crippen LogP) is 2.71. The number of hydrogen-bond donors (Lipinski definition) is 1. The van der Waals surface area contributed by atoms with Crippen LogP contribution in [0.25, 0.3) is 11.1 Å². The van der Waals surface area contributed by atoms with E-state index in [1.807, 2.05) is 18.2 Å². The second-order valence-electron chi connectivity index (χ2n) is 7.27. The number of benzene rings is 1. The molecule has 0 spiro atoms. The molecule has 1 unspecified atom stereocenters. The number of nitrogens with zero attached hydrogens (tertiary/aromatic N) is 4. The molecule has 30 heavy (non-hydrogen) atoms. The van der Waals surface area contributed by atoms with Gasteiger partial charge in [0.25, 0.3) is 0 Å². The Hall–Kier alpha value is -3.39. The van der Waals surface area contributed by atoms with Crippen LogP contribution in [0.5, 0.6) is 0 Å². The minimum Gasteiger partial charge on any atom is -0.424 e. The van der Waals surface area contributed by atoms with E-state index >= 15 is 0 Å². The van der Waals surface area contributed by atoms with Gasteiger partial charge in [0.2, 0.25) is 23.5 Å². The first-order valence-corrected chi connectivity index (χ1v) is 9.93. The van der Waals surface area contributed by atoms with Crippen LogP contribution < -0.4 is 10.2 Å². The van der Waals surface area contributed by atoms with Crippen molar-refractivity contribution in [3.05, 3.63) is 59.6 Å². The predicted molar refractivity (Wildman–Crippen MR) is 111 cm³/mol. The van der Waals surface area contributed by atoms with Crippen molar-refractivity contribution in [2.45, 2.75) is 39.8 Å². The number of anilines is 1. The Morgan fingerprint density at radius 2 is 2.07 bits per heavy atom. The molecule has 0 aliphatic carbocycles. The minimum absolute atomic E-state index is 0.0357. The molecule has 8 nitrogen and oxygen atoms in total. The number of rotatable bonds is 6. The van der Waals surface area contributed by atoms with Crippen molar-refractivity contribution >= 4 is 17.4 Å². The molecule has 8 heteroatoms. The van der Waals surface area contributed by atoms with Gasteiger partial charge in [0, 0.05) is 18.7 Å². The number of fused-ring (bicyclic) bond motifs is 1. The molecule has 0 fully saturated rings. The number of carbonyl (C=O) groups excluding carboxylic acids is 2. The molecular weight excluding hydrogens is 382 g/mol. The molecule has 3 aromatic rings. The summed E-state index contributed by atoms with van der Waals surface area (Å²) < 4.78 is 5.30. The highest BCUT2D eigenvalue weighted by Crippen LogP contribution is 2.34. The second kappa shape index (κ2) is 8.16. The van der Waals surface area contributed by atoms with E-state index in [0.29, 0.717) is 23.2 Å². The molecule has 1 aliphatic heterocycles. The number of ketones is 1. The van der Waals surface area contributed by atoms with Crippen molar-refractivity contribution in [3.63, 3.8) is 0 Å². The Labute approximate surface area is 174 Å². The normalized spacial score (nSPS) is 15.5. The van der Waals surface area contributed by atoms with Gasteiger partial charge in [-0.2, -0.15) is 0 Å². The highest BCUT2D eigenvalue weighted by atomic mass is 16.4. The lowest BCUT2D eigenvalue weighted by molar-refractivity contribution is -0.118. The molecule has 0 bridgehead atoms. The molecule has 1 aliphatic rings. The average Bonchev–Trinajstić information content (AvgIpc) is 3.28. The van der Waals surface area contributed by atoms with Gasteiger partial charge in [-0.3, -0.25) is 24.8 Å². The fourth-order valence-electron chi connectivity index (χ4n) is 3.60. The molecule has 0 saturated heterocycles. The van der Waals surface area contributed by atoms with E-state index in [4.69, 9.17) is 4.42 Å². The Kier molecular flexibility index (Phi) is 5.41. The van der Waals surface area contributed by atoms with Crippen LogP contribution in [-0.4, -0.2) is 39.5 Å². The van der Waals surface area contributed by atoms with Gasteiger partial charge in [-0.25, -0.2) is 0 Å². The Morgan fingerprint density at radius 3 is 2.80 bits per heavy atom. The van der Waals surface area contributed by atoms with Crippen molar-refractivity contribution in [1.29, 1.82) is 0 Å². The number of amides is 1. The third-order valence-corrected chi connectivity index (χ3v) is 5.18. The molecular formula is C22H23N5O3. The van der Waals surface area contributed by atoms with Crippen LogP contribution in [0.3, 0.4) is 0 Å². The number of nitrogens with one attached hydrogen (secondary N) is 1. The average molecular weight is 405 g/mol. The minimum atomic E-state index is -0.593. The van der Waals surface area contributed by atoms with E-state index in [0.717, 1.165) is 17.5 Å². The van der Waals surface area contributed by atoms with Gasteiger partial charge in [0.05, 0.1) is 24.8 Å². The first-order chi connectivity index (χ1) is 14.5. The van der Waals surface area contributed by atoms with E-state index < -0.39 is 6.04 Å². The number of aromatic nitrogens is 3. The molecule has 1 aromatic carbocycles. The third-order valence-electron chi connectivity index (χ3n) is 5.18. The van der Waals surface area contributed by atoms with Crippen molar-refractivity contribution in [2.75, 3.05) is 11.4 Å². The largest absolute Gasteiger partial charge is 0.424 e. The quantitative estimate of drug-likeness (QED) is 0.673. The first kappa shape index (κ1) is 19.9. The van der Waals surface area contributed by atoms with Crippen LogP contribution in [-0.2, 0) is 17.8 Å². The van der Waals surface area contributed by atoms with Crippen LogP contribution in [0.15, 0.2) is 40.9 Å². The van der Waals surface area contributed by atoms with Crippen LogP contribution in [0.1, 0.15) is 41.7 Å². The number of hydrogen-bond acceptors (Lipinski definition) is 7. The van der Waals surface area contributed by atoms with Crippen LogP contribution >= 0.6 is 0 Å². The lowest BCUT2D eigenvalue weighted by atomic mass is 10.0. The molecule has 0 radical (unpaired) electrons. The zero-order chi connectivity index (χ0) is 21.3. The lowest BCUT2D eigenvalue weighted by Gasteiger charge is -2.21. The maximum Gasteiger partial charge on any atom is 0.241 e. The number of pyridine rings is 1. The molecule has 0 saturated carbocycles. The monoisotopic (exact) mass is 405 g/mol. The zero-order valence-corrected chi connectivity index (χ0v) is 17.2. The Bertz CT molecular complexity index is 1110. The standard InChI is InChI=1S/C22H23N5O3/c1-4-15-6-5-7-16(8-15)17-9-18-21(24-10-17)22(29)13(2)27(18)20(28)12-23-11-19-26-25-14(3)30-19/h5-10,13,23H,4,11-12H2,1-3H3. The Morgan fingerprint density at radius 1 is 1.23 bits per heavy atom. The molecule has 154 valence electrons. The van der Waals surface area contributed by atoms with Gasteiger partial charge in [-0.05, 0) is 30.5 Å². The van der Waals surface area contributed by atoms with Gasteiger partial charge in [0.1, 0.15) is 5.69 Å². The van der Waals surface area contributed by atoms with Crippen LogP contribution in [0.2, 0.25) is 0 Å². The summed E-state index contributed by atoms with van der Waals surface area (Å²) in [5.41, 5.74) is 3.98. The molecule has 2 aromatic heterocycles. The third kappa shape index (κ3) is 3.73. The molecule has 1 N–H and O–H groups in total. The fourth-order valence-corrected chi connectivity index (χ4v) is 3.60. The van der Waals surface area contributed by atoms with Gasteiger partial charge in [-0.15, -0.1) is 10.2 Å². The van der Waals surface area contributed by atoms with Crippen molar-refractivity contribution in [1.82, 2.24) is 20.5 Å². The summed E-state index contributed by atoms with van der Waals surface area (Å²) in [6.45, 7) is 5.84. The fraction of sp³-hybridized carbons (Fsp3) is 0.318. The highest BCUT2D eigenvalue weighted by molar-refractivity contribution is 6.17. The highest BCUT2D eigenvalue weighted by Gasteiger charge is 2.39. The summed E-state index contributed by atoms with van der Waals surface area (Å²) in [7, 11) is 0. The van der Waals surface area contributed by atoms with Crippen LogP contribution in [0.4, 0.5) is 5.69 Å².